The van der Waals surface area contributed by atoms with Gasteiger partial charge in [0.15, 0.2) is 6.10 Å². The molecule has 0 saturated carbocycles. The van der Waals surface area contributed by atoms with Crippen LogP contribution in [-0.4, -0.2) is 45.7 Å². The van der Waals surface area contributed by atoms with Gasteiger partial charge in [0.1, 0.15) is 6.04 Å². The maximum atomic E-state index is 13.2. The van der Waals surface area contributed by atoms with E-state index in [1.54, 1.807) is 36.4 Å². The predicted octanol–water partition coefficient (Wildman–Crippen LogP) is 4.61. The number of carbonyl (C=O) groups excluding carboxylic acids is 1. The number of nitrogens with one attached hydrogen (secondary N) is 2. The molecule has 4 rings (SSSR count). The number of hydrogen-bond donors (Lipinski definition) is 3. The van der Waals surface area contributed by atoms with Gasteiger partial charge in [0.2, 0.25) is 0 Å². The minimum atomic E-state index is -3.99. The van der Waals surface area contributed by atoms with Gasteiger partial charge >= 0.3 is 11.9 Å². The summed E-state index contributed by atoms with van der Waals surface area (Å²) in [6.45, 7) is 0. The minimum Gasteiger partial charge on any atom is -0.480 e. The van der Waals surface area contributed by atoms with Crippen LogP contribution in [0.5, 0.6) is 0 Å². The van der Waals surface area contributed by atoms with Crippen molar-refractivity contribution in [2.45, 2.75) is 23.5 Å². The fourth-order valence-electron chi connectivity index (χ4n) is 4.25. The molecule has 4 aromatic carbocycles. The Labute approximate surface area is 226 Å². The van der Waals surface area contributed by atoms with Crippen molar-refractivity contribution >= 4 is 44.1 Å². The molecule has 4 aromatic rings. The second-order valence-electron chi connectivity index (χ2n) is 8.74. The summed E-state index contributed by atoms with van der Waals surface area (Å²) in [7, 11) is -1.39. The van der Waals surface area contributed by atoms with Crippen molar-refractivity contribution in [3.8, 4) is 0 Å². The fraction of sp³-hybridized carbons (Fsp3) is 0.172. The third kappa shape index (κ3) is 6.36. The molecule has 0 aliphatic heterocycles. The molecule has 39 heavy (non-hydrogen) atoms. The van der Waals surface area contributed by atoms with Crippen molar-refractivity contribution in [3.63, 3.8) is 0 Å². The number of ether oxygens (including phenoxy) is 2. The zero-order chi connectivity index (χ0) is 28.0. The van der Waals surface area contributed by atoms with E-state index in [0.29, 0.717) is 27.7 Å². The summed E-state index contributed by atoms with van der Waals surface area (Å²) < 4.78 is 38.9. The largest absolute Gasteiger partial charge is 0.480 e. The topological polar surface area (TPSA) is 131 Å². The van der Waals surface area contributed by atoms with Gasteiger partial charge in [0, 0.05) is 30.0 Å². The highest BCUT2D eigenvalue weighted by molar-refractivity contribution is 7.92. The quantitative estimate of drug-likeness (QED) is 0.232. The van der Waals surface area contributed by atoms with E-state index in [0.717, 1.165) is 5.56 Å². The van der Waals surface area contributed by atoms with Crippen LogP contribution in [-0.2, 0) is 35.5 Å². The number of sulfonamides is 1. The minimum absolute atomic E-state index is 0.00828. The maximum Gasteiger partial charge on any atom is 0.339 e. The van der Waals surface area contributed by atoms with Gasteiger partial charge in [-0.25, -0.2) is 18.0 Å². The second kappa shape index (κ2) is 12.0. The Morgan fingerprint density at radius 3 is 2.00 bits per heavy atom. The summed E-state index contributed by atoms with van der Waals surface area (Å²) in [6.07, 6.45) is -0.699. The van der Waals surface area contributed by atoms with Gasteiger partial charge in [-0.1, -0.05) is 66.7 Å². The molecule has 0 aliphatic rings. The molecule has 1 unspecified atom stereocenters. The molecule has 10 heteroatoms. The summed E-state index contributed by atoms with van der Waals surface area (Å²) in [5.74, 6) is -1.60. The number of fused-ring (bicyclic) bond motifs is 1. The standard InChI is InChI=1S/C29H28N2O7S/c1-37-27(29(34)38-2)20-12-14-21(15-13-20)39(35,36)31-25-17-16-24(22-10-6-7-11-23(22)25)30-26(28(32)33)18-19-8-4-3-5-9-19/h3-17,26-27,30-31H,18H2,1-2H3,(H,32,33)/t26-,27?/m0/s1. The van der Waals surface area contributed by atoms with Crippen LogP contribution in [0.15, 0.2) is 95.9 Å². The number of carboxylic acid groups (broad SMARTS) is 1. The average molecular weight is 549 g/mol. The predicted molar refractivity (Wildman–Crippen MR) is 148 cm³/mol. The van der Waals surface area contributed by atoms with Crippen molar-refractivity contribution in [3.05, 3.63) is 102 Å². The second-order valence-corrected chi connectivity index (χ2v) is 10.4. The first-order valence-electron chi connectivity index (χ1n) is 12.0. The summed E-state index contributed by atoms with van der Waals surface area (Å²) in [5, 5.41) is 14.2. The molecule has 0 bridgehead atoms. The van der Waals surface area contributed by atoms with E-state index in [1.165, 1.54) is 38.5 Å². The first-order valence-corrected chi connectivity index (χ1v) is 13.5. The number of hydrogen-bond acceptors (Lipinski definition) is 7. The fourth-order valence-corrected chi connectivity index (χ4v) is 5.33. The molecule has 3 N–H and O–H groups in total. The number of carboxylic acids is 1. The summed E-state index contributed by atoms with van der Waals surface area (Å²) in [6, 6.07) is 24.5. The molecule has 0 fully saturated rings. The first-order chi connectivity index (χ1) is 18.7. The Hall–Kier alpha value is -4.41. The van der Waals surface area contributed by atoms with E-state index in [-0.39, 0.29) is 11.3 Å². The summed E-state index contributed by atoms with van der Waals surface area (Å²) in [5.41, 5.74) is 2.22. The number of anilines is 2. The van der Waals surface area contributed by atoms with E-state index in [9.17, 15) is 23.1 Å². The number of carbonyl (C=O) groups is 2. The van der Waals surface area contributed by atoms with Crippen molar-refractivity contribution in [1.29, 1.82) is 0 Å². The lowest BCUT2D eigenvalue weighted by atomic mass is 10.0. The Kier molecular flexibility index (Phi) is 8.48. The monoisotopic (exact) mass is 548 g/mol. The Balaban J connectivity index is 1.61. The van der Waals surface area contributed by atoms with Gasteiger partial charge in [0.05, 0.1) is 17.7 Å². The first kappa shape index (κ1) is 27.6. The molecular weight excluding hydrogens is 520 g/mol. The SMILES string of the molecule is COC(=O)C(OC)c1ccc(S(=O)(=O)Nc2ccc(N[C@@H](Cc3ccccc3)C(=O)O)c3ccccc23)cc1. The number of aliphatic carboxylic acids is 1. The van der Waals surface area contributed by atoms with Crippen LogP contribution in [0, 0.1) is 0 Å². The normalized spacial score (nSPS) is 12.9. The Morgan fingerprint density at radius 2 is 1.41 bits per heavy atom. The van der Waals surface area contributed by atoms with Gasteiger partial charge in [-0.3, -0.25) is 4.72 Å². The van der Waals surface area contributed by atoms with E-state index in [1.807, 2.05) is 30.3 Å². The highest BCUT2D eigenvalue weighted by atomic mass is 32.2. The van der Waals surface area contributed by atoms with Gasteiger partial charge in [-0.2, -0.15) is 0 Å². The van der Waals surface area contributed by atoms with Crippen LogP contribution < -0.4 is 10.0 Å². The van der Waals surface area contributed by atoms with Gasteiger partial charge < -0.3 is 19.9 Å². The molecule has 202 valence electrons. The van der Waals surface area contributed by atoms with Gasteiger partial charge in [-0.05, 0) is 35.4 Å². The molecule has 0 amide bonds. The van der Waals surface area contributed by atoms with Crippen LogP contribution in [0.3, 0.4) is 0 Å². The molecule has 2 atom stereocenters. The van der Waals surface area contributed by atoms with Gasteiger partial charge in [-0.15, -0.1) is 0 Å². The zero-order valence-corrected chi connectivity index (χ0v) is 22.1. The van der Waals surface area contributed by atoms with E-state index < -0.39 is 34.1 Å². The van der Waals surface area contributed by atoms with Gasteiger partial charge in [0.25, 0.3) is 10.0 Å². The molecule has 0 aromatic heterocycles. The number of benzene rings is 4. The highest BCUT2D eigenvalue weighted by Crippen LogP contribution is 2.32. The van der Waals surface area contributed by atoms with Crippen LogP contribution in [0.2, 0.25) is 0 Å². The van der Waals surface area contributed by atoms with E-state index in [4.69, 9.17) is 9.47 Å². The lowest BCUT2D eigenvalue weighted by Gasteiger charge is -2.19. The van der Waals surface area contributed by atoms with Crippen LogP contribution in [0.1, 0.15) is 17.2 Å². The highest BCUT2D eigenvalue weighted by Gasteiger charge is 2.23. The molecular formula is C29H28N2O7S. The maximum absolute atomic E-state index is 13.2. The lowest BCUT2D eigenvalue weighted by Crippen LogP contribution is -2.31. The van der Waals surface area contributed by atoms with Crippen LogP contribution in [0.4, 0.5) is 11.4 Å². The van der Waals surface area contributed by atoms with Crippen molar-refractivity contribution in [1.82, 2.24) is 0 Å². The number of methoxy groups -OCH3 is 2. The van der Waals surface area contributed by atoms with E-state index >= 15 is 0 Å². The lowest BCUT2D eigenvalue weighted by molar-refractivity contribution is -0.152. The molecule has 0 aliphatic carbocycles. The molecule has 0 radical (unpaired) electrons. The van der Waals surface area contributed by atoms with Crippen LogP contribution in [0.25, 0.3) is 10.8 Å². The van der Waals surface area contributed by atoms with Crippen molar-refractivity contribution in [2.24, 2.45) is 0 Å². The molecule has 0 heterocycles. The van der Waals surface area contributed by atoms with Crippen molar-refractivity contribution < 1.29 is 32.6 Å². The summed E-state index contributed by atoms with van der Waals surface area (Å²) >= 11 is 0. The zero-order valence-electron chi connectivity index (χ0n) is 21.3. The molecule has 0 saturated heterocycles. The Bertz CT molecular complexity index is 1570. The Morgan fingerprint density at radius 1 is 0.821 bits per heavy atom. The van der Waals surface area contributed by atoms with E-state index in [2.05, 4.69) is 10.0 Å². The molecule has 9 nitrogen and oxygen atoms in total. The smallest absolute Gasteiger partial charge is 0.339 e. The van der Waals surface area contributed by atoms with Crippen molar-refractivity contribution in [2.75, 3.05) is 24.3 Å². The van der Waals surface area contributed by atoms with Crippen LogP contribution >= 0.6 is 0 Å². The third-order valence-electron chi connectivity index (χ3n) is 6.22. The third-order valence-corrected chi connectivity index (χ3v) is 7.60. The summed E-state index contributed by atoms with van der Waals surface area (Å²) in [4.78, 5) is 23.9. The number of rotatable bonds is 11. The average Bonchev–Trinajstić information content (AvgIpc) is 2.95. The molecule has 0 spiro atoms. The number of esters is 1.